The lowest BCUT2D eigenvalue weighted by Gasteiger charge is -2.31. The molecule has 0 radical (unpaired) electrons. The van der Waals surface area contributed by atoms with E-state index >= 15 is 0 Å². The fourth-order valence-corrected chi connectivity index (χ4v) is 3.99. The molecule has 1 aromatic carbocycles. The van der Waals surface area contributed by atoms with Gasteiger partial charge in [0.1, 0.15) is 5.56 Å². The van der Waals surface area contributed by atoms with Crippen molar-refractivity contribution in [2.45, 2.75) is 33.2 Å². The van der Waals surface area contributed by atoms with Crippen LogP contribution in [0.15, 0.2) is 30.5 Å². The highest BCUT2D eigenvalue weighted by molar-refractivity contribution is 5.90. The number of carbonyl (C=O) groups excluding carboxylic acids is 2. The van der Waals surface area contributed by atoms with Crippen LogP contribution >= 0.6 is 0 Å². The summed E-state index contributed by atoms with van der Waals surface area (Å²) < 4.78 is 12.1. The highest BCUT2D eigenvalue weighted by Gasteiger charge is 2.29. The predicted molar refractivity (Wildman–Crippen MR) is 114 cm³/mol. The second-order valence-electron chi connectivity index (χ2n) is 7.54. The normalized spacial score (nSPS) is 17.0. The Morgan fingerprint density at radius 3 is 2.77 bits per heavy atom. The van der Waals surface area contributed by atoms with E-state index in [1.54, 1.807) is 11.6 Å². The summed E-state index contributed by atoms with van der Waals surface area (Å²) in [7, 11) is 0. The number of imidazole rings is 1. The van der Waals surface area contributed by atoms with E-state index in [4.69, 9.17) is 9.47 Å². The molecule has 0 aliphatic carbocycles. The van der Waals surface area contributed by atoms with Gasteiger partial charge in [-0.15, -0.1) is 0 Å². The smallest absolute Gasteiger partial charge is 0.341 e. The van der Waals surface area contributed by atoms with Crippen LogP contribution in [-0.4, -0.2) is 62.9 Å². The van der Waals surface area contributed by atoms with Crippen molar-refractivity contribution in [1.82, 2.24) is 24.6 Å². The monoisotopic (exact) mass is 425 g/mol. The van der Waals surface area contributed by atoms with E-state index in [2.05, 4.69) is 20.0 Å². The first-order valence-electron chi connectivity index (χ1n) is 10.7. The van der Waals surface area contributed by atoms with Gasteiger partial charge in [0.2, 0.25) is 5.95 Å². The standard InChI is InChI=1S/C22H27N5O4/c1-3-30-20(28)15-8-7-11-26(13-15)14-19-16(21(29)31-4-2)12-23-27(19)22-24-17-9-5-6-10-18(17)25-22/h5-6,9-10,12,15H,3-4,7-8,11,13-14H2,1-2H3,(H,24,25)/t15-/m1/s1. The number of carbonyl (C=O) groups is 2. The summed E-state index contributed by atoms with van der Waals surface area (Å²) in [5.74, 6) is -0.213. The summed E-state index contributed by atoms with van der Waals surface area (Å²) in [6.45, 7) is 6.09. The van der Waals surface area contributed by atoms with Crippen molar-refractivity contribution in [2.75, 3.05) is 26.3 Å². The van der Waals surface area contributed by atoms with Crippen LogP contribution in [0, 0.1) is 5.92 Å². The highest BCUT2D eigenvalue weighted by atomic mass is 16.5. The number of esters is 2. The average molecular weight is 425 g/mol. The molecule has 3 heterocycles. The maximum absolute atomic E-state index is 12.6. The van der Waals surface area contributed by atoms with Gasteiger partial charge in [0, 0.05) is 13.1 Å². The van der Waals surface area contributed by atoms with E-state index in [1.165, 1.54) is 6.20 Å². The van der Waals surface area contributed by atoms with Crippen molar-refractivity contribution >= 4 is 23.0 Å². The molecule has 0 spiro atoms. The molecule has 164 valence electrons. The number of aromatic amines is 1. The molecule has 3 aromatic rings. The van der Waals surface area contributed by atoms with Gasteiger partial charge in [0.05, 0.1) is 42.1 Å². The Bertz CT molecular complexity index is 1040. The zero-order chi connectivity index (χ0) is 21.8. The van der Waals surface area contributed by atoms with Gasteiger partial charge >= 0.3 is 11.9 Å². The number of ether oxygens (including phenoxy) is 2. The summed E-state index contributed by atoms with van der Waals surface area (Å²) in [5, 5.41) is 4.44. The highest BCUT2D eigenvalue weighted by Crippen LogP contribution is 2.23. The second kappa shape index (κ2) is 9.30. The molecule has 9 heteroatoms. The van der Waals surface area contributed by atoms with E-state index in [1.807, 2.05) is 31.2 Å². The van der Waals surface area contributed by atoms with Crippen LogP contribution in [0.2, 0.25) is 0 Å². The van der Waals surface area contributed by atoms with E-state index in [0.717, 1.165) is 30.4 Å². The summed E-state index contributed by atoms with van der Waals surface area (Å²) in [6, 6.07) is 7.71. The van der Waals surface area contributed by atoms with Gasteiger partial charge in [-0.05, 0) is 45.4 Å². The van der Waals surface area contributed by atoms with Crippen LogP contribution in [0.3, 0.4) is 0 Å². The van der Waals surface area contributed by atoms with Gasteiger partial charge in [-0.2, -0.15) is 5.10 Å². The maximum Gasteiger partial charge on any atom is 0.341 e. The van der Waals surface area contributed by atoms with Gasteiger partial charge in [-0.1, -0.05) is 12.1 Å². The van der Waals surface area contributed by atoms with Crippen molar-refractivity contribution in [3.05, 3.63) is 41.7 Å². The second-order valence-corrected chi connectivity index (χ2v) is 7.54. The summed E-state index contributed by atoms with van der Waals surface area (Å²) in [4.78, 5) is 34.9. The number of hydrogen-bond acceptors (Lipinski definition) is 7. The predicted octanol–water partition coefficient (Wildman–Crippen LogP) is 2.70. The molecule has 4 rings (SSSR count). The molecule has 9 nitrogen and oxygen atoms in total. The number of piperidine rings is 1. The molecule has 0 bridgehead atoms. The lowest BCUT2D eigenvalue weighted by molar-refractivity contribution is -0.150. The molecule has 1 fully saturated rings. The molecule has 0 amide bonds. The third-order valence-corrected chi connectivity index (χ3v) is 5.44. The van der Waals surface area contributed by atoms with Gasteiger partial charge < -0.3 is 14.5 Å². The number of H-pyrrole nitrogens is 1. The van der Waals surface area contributed by atoms with Gasteiger partial charge in [-0.25, -0.2) is 14.5 Å². The molecule has 0 unspecified atom stereocenters. The van der Waals surface area contributed by atoms with Crippen LogP contribution in [-0.2, 0) is 20.8 Å². The molecule has 1 saturated heterocycles. The fraction of sp³-hybridized carbons (Fsp3) is 0.455. The molecule has 0 saturated carbocycles. The molecule has 31 heavy (non-hydrogen) atoms. The molecular formula is C22H27N5O4. The SMILES string of the molecule is CCOC(=O)c1cnn(-c2nc3ccccc3[nH]2)c1CN1CCC[C@@H](C(=O)OCC)C1. The van der Waals surface area contributed by atoms with Crippen LogP contribution in [0.1, 0.15) is 42.7 Å². The summed E-state index contributed by atoms with van der Waals surface area (Å²) >= 11 is 0. The third-order valence-electron chi connectivity index (χ3n) is 5.44. The fourth-order valence-electron chi connectivity index (χ4n) is 3.99. The maximum atomic E-state index is 12.6. The number of rotatable bonds is 7. The number of nitrogens with zero attached hydrogens (tertiary/aromatic N) is 4. The van der Waals surface area contributed by atoms with Crippen LogP contribution in [0.25, 0.3) is 17.0 Å². The van der Waals surface area contributed by atoms with Crippen LogP contribution in [0.5, 0.6) is 0 Å². The molecule has 1 N–H and O–H groups in total. The Kier molecular flexibility index (Phi) is 6.31. The molecule has 2 aromatic heterocycles. The first-order valence-corrected chi connectivity index (χ1v) is 10.7. The lowest BCUT2D eigenvalue weighted by Crippen LogP contribution is -2.39. The molecule has 1 aliphatic rings. The Morgan fingerprint density at radius 2 is 2.00 bits per heavy atom. The summed E-state index contributed by atoms with van der Waals surface area (Å²) in [6.07, 6.45) is 3.22. The minimum Gasteiger partial charge on any atom is -0.466 e. The van der Waals surface area contributed by atoms with Gasteiger partial charge in [-0.3, -0.25) is 9.69 Å². The minimum absolute atomic E-state index is 0.163. The first kappa shape index (κ1) is 21.0. The topological polar surface area (TPSA) is 102 Å². The largest absolute Gasteiger partial charge is 0.466 e. The third kappa shape index (κ3) is 4.46. The number of likely N-dealkylation sites (tertiary alicyclic amines) is 1. The van der Waals surface area contributed by atoms with Gasteiger partial charge in [0.25, 0.3) is 0 Å². The zero-order valence-corrected chi connectivity index (χ0v) is 17.8. The van der Waals surface area contributed by atoms with E-state index in [-0.39, 0.29) is 18.5 Å². The number of benzene rings is 1. The number of fused-ring (bicyclic) bond motifs is 1. The zero-order valence-electron chi connectivity index (χ0n) is 17.8. The van der Waals surface area contributed by atoms with Crippen LogP contribution in [0.4, 0.5) is 0 Å². The van der Waals surface area contributed by atoms with E-state index in [0.29, 0.717) is 36.9 Å². The van der Waals surface area contributed by atoms with Crippen LogP contribution < -0.4 is 0 Å². The number of hydrogen-bond donors (Lipinski definition) is 1. The van der Waals surface area contributed by atoms with E-state index < -0.39 is 5.97 Å². The number of nitrogens with one attached hydrogen (secondary N) is 1. The number of aromatic nitrogens is 4. The van der Waals surface area contributed by atoms with Gasteiger partial charge in [0.15, 0.2) is 0 Å². The lowest BCUT2D eigenvalue weighted by atomic mass is 9.98. The molecule has 1 atom stereocenters. The first-order chi connectivity index (χ1) is 15.1. The van der Waals surface area contributed by atoms with Crippen molar-refractivity contribution in [3.8, 4) is 5.95 Å². The van der Waals surface area contributed by atoms with Crippen molar-refractivity contribution in [1.29, 1.82) is 0 Å². The van der Waals surface area contributed by atoms with Crippen molar-refractivity contribution < 1.29 is 19.1 Å². The quantitative estimate of drug-likeness (QED) is 0.581. The Labute approximate surface area is 180 Å². The average Bonchev–Trinajstić information content (AvgIpc) is 3.38. The van der Waals surface area contributed by atoms with Crippen molar-refractivity contribution in [2.24, 2.45) is 5.92 Å². The Morgan fingerprint density at radius 1 is 1.19 bits per heavy atom. The Hall–Kier alpha value is -3.20. The van der Waals surface area contributed by atoms with E-state index in [9.17, 15) is 9.59 Å². The minimum atomic E-state index is -0.418. The number of para-hydroxylation sites is 2. The molecular weight excluding hydrogens is 398 g/mol. The molecule has 1 aliphatic heterocycles. The van der Waals surface area contributed by atoms with Crippen molar-refractivity contribution in [3.63, 3.8) is 0 Å². The Balaban J connectivity index is 1.65. The summed E-state index contributed by atoms with van der Waals surface area (Å²) in [5.41, 5.74) is 2.79.